The molecule has 180 valence electrons. The minimum Gasteiger partial charge on any atom is -0.507 e. The zero-order chi connectivity index (χ0) is 23.9. The van der Waals surface area contributed by atoms with Gasteiger partial charge in [0.2, 0.25) is 5.88 Å². The van der Waals surface area contributed by atoms with E-state index in [-0.39, 0.29) is 17.8 Å². The first kappa shape index (κ1) is 21.6. The topological polar surface area (TPSA) is 118 Å². The van der Waals surface area contributed by atoms with Crippen LogP contribution in [0.5, 0.6) is 11.6 Å². The van der Waals surface area contributed by atoms with Crippen LogP contribution in [0.3, 0.4) is 0 Å². The Hall–Kier alpha value is -3.88. The lowest BCUT2D eigenvalue weighted by molar-refractivity contribution is -0.116. The van der Waals surface area contributed by atoms with E-state index in [1.165, 1.54) is 0 Å². The van der Waals surface area contributed by atoms with Crippen LogP contribution >= 0.6 is 0 Å². The molecule has 9 nitrogen and oxygen atoms in total. The lowest BCUT2D eigenvalue weighted by Gasteiger charge is -2.43. The number of rotatable bonds is 6. The van der Waals surface area contributed by atoms with Gasteiger partial charge in [0, 0.05) is 54.6 Å². The van der Waals surface area contributed by atoms with Crippen LogP contribution in [0.1, 0.15) is 25.7 Å². The first-order valence-electron chi connectivity index (χ1n) is 12.1. The van der Waals surface area contributed by atoms with Gasteiger partial charge in [-0.05, 0) is 49.9 Å². The Labute approximate surface area is 203 Å². The van der Waals surface area contributed by atoms with Gasteiger partial charge in [0.05, 0.1) is 11.4 Å². The summed E-state index contributed by atoms with van der Waals surface area (Å²) in [5.41, 5.74) is 9.47. The summed E-state index contributed by atoms with van der Waals surface area (Å²) in [4.78, 5) is 20.0. The van der Waals surface area contributed by atoms with Crippen molar-refractivity contribution in [3.63, 3.8) is 0 Å². The smallest absolute Gasteiger partial charge is 0.215 e. The molecule has 3 aromatic rings. The molecule has 0 radical (unpaired) electrons. The molecule has 3 aliphatic rings. The molecule has 1 saturated carbocycles. The second kappa shape index (κ2) is 8.72. The highest BCUT2D eigenvalue weighted by Crippen LogP contribution is 2.40. The number of aldehydes is 1. The number of aromatic hydroxyl groups is 1. The predicted octanol–water partition coefficient (Wildman–Crippen LogP) is 3.04. The number of phenols is 1. The molecule has 2 bridgehead atoms. The molecule has 0 spiro atoms. The average molecular weight is 473 g/mol. The van der Waals surface area contributed by atoms with Gasteiger partial charge in [0.15, 0.2) is 5.82 Å². The number of nitrogens with two attached hydrogens (primary N) is 1. The predicted molar refractivity (Wildman–Crippen MR) is 132 cm³/mol. The number of phenolic OH excluding ortho intramolecular Hbond substituents is 1. The number of nitrogens with zero attached hydrogens (tertiary/aromatic N) is 5. The highest BCUT2D eigenvalue weighted by Gasteiger charge is 2.41. The number of anilines is 3. The lowest BCUT2D eigenvalue weighted by Crippen LogP contribution is -2.54. The first-order chi connectivity index (χ1) is 17.1. The fourth-order valence-electron chi connectivity index (χ4n) is 5.60. The maximum Gasteiger partial charge on any atom is 0.215 e. The Morgan fingerprint density at radius 3 is 2.57 bits per heavy atom. The van der Waals surface area contributed by atoms with Gasteiger partial charge in [-0.1, -0.05) is 12.1 Å². The number of aromatic nitrogens is 3. The van der Waals surface area contributed by atoms with Crippen LogP contribution < -0.4 is 20.3 Å². The molecular weight excluding hydrogens is 444 g/mol. The molecule has 1 aromatic carbocycles. The fraction of sp³-hybridized carbons (Fsp3) is 0.385. The number of benzene rings is 1. The van der Waals surface area contributed by atoms with Crippen molar-refractivity contribution in [2.24, 2.45) is 5.92 Å². The maximum absolute atomic E-state index is 10.9. The van der Waals surface area contributed by atoms with Gasteiger partial charge in [0.1, 0.15) is 18.1 Å². The molecule has 6 rings (SSSR count). The van der Waals surface area contributed by atoms with E-state index < -0.39 is 0 Å². The number of hydrogen-bond donors (Lipinski definition) is 2. The molecule has 35 heavy (non-hydrogen) atoms. The summed E-state index contributed by atoms with van der Waals surface area (Å²) in [6.07, 6.45) is 6.60. The number of carbonyl (C=O) groups excluding carboxylic acids is 1. The van der Waals surface area contributed by atoms with E-state index in [2.05, 4.69) is 25.0 Å². The number of para-hydroxylation sites is 1. The van der Waals surface area contributed by atoms with E-state index in [0.717, 1.165) is 56.4 Å². The molecule has 0 unspecified atom stereocenters. The zero-order valence-corrected chi connectivity index (χ0v) is 19.3. The summed E-state index contributed by atoms with van der Waals surface area (Å²) in [5.74, 6) is 1.30. The summed E-state index contributed by atoms with van der Waals surface area (Å²) >= 11 is 0. The Morgan fingerprint density at radius 2 is 1.83 bits per heavy atom. The number of pyridine rings is 1. The number of nitrogen functional groups attached to an aromatic ring is 1. The number of ether oxygens (including phenoxy) is 1. The van der Waals surface area contributed by atoms with Gasteiger partial charge >= 0.3 is 0 Å². The van der Waals surface area contributed by atoms with Crippen LogP contribution in [0.2, 0.25) is 0 Å². The molecule has 2 atom stereocenters. The third-order valence-electron chi connectivity index (χ3n) is 7.43. The number of carbonyl (C=O) groups is 1. The normalized spacial score (nSPS) is 25.3. The minimum atomic E-state index is 0.0712. The molecule has 4 heterocycles. The number of fused-ring (bicyclic) bond motifs is 2. The summed E-state index contributed by atoms with van der Waals surface area (Å²) in [6, 6.07) is 13.8. The van der Waals surface area contributed by atoms with Crippen molar-refractivity contribution in [2.75, 3.05) is 28.6 Å². The van der Waals surface area contributed by atoms with Crippen LogP contribution in [0.25, 0.3) is 11.3 Å². The molecule has 0 amide bonds. The Bertz CT molecular complexity index is 1230. The molecule has 3 N–H and O–H groups in total. The Morgan fingerprint density at radius 1 is 1.06 bits per heavy atom. The van der Waals surface area contributed by atoms with Gasteiger partial charge < -0.3 is 30.2 Å². The summed E-state index contributed by atoms with van der Waals surface area (Å²) < 4.78 is 6.02. The van der Waals surface area contributed by atoms with Crippen LogP contribution in [0.4, 0.5) is 17.2 Å². The van der Waals surface area contributed by atoms with E-state index in [0.29, 0.717) is 35.0 Å². The molecule has 2 saturated heterocycles. The molecule has 9 heteroatoms. The van der Waals surface area contributed by atoms with Gasteiger partial charge in [0.25, 0.3) is 0 Å². The van der Waals surface area contributed by atoms with Crippen molar-refractivity contribution in [3.8, 4) is 22.9 Å². The van der Waals surface area contributed by atoms with Gasteiger partial charge in [-0.25, -0.2) is 4.98 Å². The SMILES string of the molecule is Nc1nnc(-c2ccccc2O)cc1N1C[C@H]2CC[C@H](C1)N2c1ccnc(OC2CC(C=O)C2)c1. The average Bonchev–Trinajstić information content (AvgIpc) is 3.11. The van der Waals surface area contributed by atoms with Gasteiger partial charge in [-0.3, -0.25) is 0 Å². The molecule has 2 aromatic heterocycles. The van der Waals surface area contributed by atoms with Crippen LogP contribution in [0.15, 0.2) is 48.7 Å². The van der Waals surface area contributed by atoms with Crippen LogP contribution in [-0.2, 0) is 4.79 Å². The largest absolute Gasteiger partial charge is 0.507 e. The molecule has 1 aliphatic carbocycles. The highest BCUT2D eigenvalue weighted by atomic mass is 16.5. The van der Waals surface area contributed by atoms with Crippen molar-refractivity contribution in [1.82, 2.24) is 15.2 Å². The van der Waals surface area contributed by atoms with Crippen molar-refractivity contribution >= 4 is 23.5 Å². The second-order valence-electron chi connectivity index (χ2n) is 9.67. The zero-order valence-electron chi connectivity index (χ0n) is 19.3. The maximum atomic E-state index is 10.9. The summed E-state index contributed by atoms with van der Waals surface area (Å²) in [6.45, 7) is 1.63. The first-order valence-corrected chi connectivity index (χ1v) is 12.1. The van der Waals surface area contributed by atoms with E-state index in [1.54, 1.807) is 18.3 Å². The fourth-order valence-corrected chi connectivity index (χ4v) is 5.60. The Kier molecular flexibility index (Phi) is 5.39. The third-order valence-corrected chi connectivity index (χ3v) is 7.43. The van der Waals surface area contributed by atoms with E-state index in [4.69, 9.17) is 10.5 Å². The molecular formula is C26H28N6O3. The van der Waals surface area contributed by atoms with Crippen molar-refractivity contribution in [3.05, 3.63) is 48.7 Å². The van der Waals surface area contributed by atoms with E-state index in [1.807, 2.05) is 30.3 Å². The second-order valence-corrected chi connectivity index (χ2v) is 9.67. The van der Waals surface area contributed by atoms with E-state index >= 15 is 0 Å². The Balaban J connectivity index is 1.21. The van der Waals surface area contributed by atoms with Crippen molar-refractivity contribution < 1.29 is 14.6 Å². The van der Waals surface area contributed by atoms with Crippen molar-refractivity contribution in [1.29, 1.82) is 0 Å². The molecule has 3 fully saturated rings. The summed E-state index contributed by atoms with van der Waals surface area (Å²) in [5, 5.41) is 18.7. The quantitative estimate of drug-likeness (QED) is 0.522. The monoisotopic (exact) mass is 472 g/mol. The van der Waals surface area contributed by atoms with Crippen LogP contribution in [-0.4, -0.2) is 57.9 Å². The lowest BCUT2D eigenvalue weighted by atomic mass is 9.83. The molecule has 2 aliphatic heterocycles. The number of piperazine rings is 1. The van der Waals surface area contributed by atoms with Crippen molar-refractivity contribution in [2.45, 2.75) is 43.9 Å². The van der Waals surface area contributed by atoms with Gasteiger partial charge in [-0.15, -0.1) is 10.2 Å². The number of hydrogen-bond acceptors (Lipinski definition) is 9. The van der Waals surface area contributed by atoms with Gasteiger partial charge in [-0.2, -0.15) is 0 Å². The third kappa shape index (κ3) is 4.00. The standard InChI is InChI=1S/C26H28N6O3/c27-26-23(12-22(29-30-26)21-3-1-2-4-24(21)34)31-13-18-5-6-19(14-31)32(18)17-7-8-28-25(11-17)35-20-9-16(10-20)15-33/h1-4,7-8,11-12,15-16,18-20,34H,5-6,9-10,13-14H2,(H2,27,30)/t16?,18-,19-,20?/m1/s1. The highest BCUT2D eigenvalue weighted by molar-refractivity contribution is 5.74. The van der Waals surface area contributed by atoms with Crippen LogP contribution in [0, 0.1) is 5.92 Å². The minimum absolute atomic E-state index is 0.0712. The summed E-state index contributed by atoms with van der Waals surface area (Å²) in [7, 11) is 0. The van der Waals surface area contributed by atoms with E-state index in [9.17, 15) is 9.90 Å².